The van der Waals surface area contributed by atoms with Crippen LogP contribution >= 0.6 is 0 Å². The first kappa shape index (κ1) is 10.2. The number of allylic oxidation sites excluding steroid dienone is 2. The minimum Gasteiger partial charge on any atom is -0.295 e. The zero-order chi connectivity index (χ0) is 10.7. The van der Waals surface area contributed by atoms with Gasteiger partial charge in [-0.25, -0.2) is 0 Å². The van der Waals surface area contributed by atoms with Crippen molar-refractivity contribution in [3.8, 4) is 0 Å². The third-order valence-electron chi connectivity index (χ3n) is 2.65. The molecule has 0 unspecified atom stereocenters. The average Bonchev–Trinajstić information content (AvgIpc) is 2.30. The van der Waals surface area contributed by atoms with E-state index in [2.05, 4.69) is 73.6 Å². The zero-order valence-electron chi connectivity index (χ0n) is 9.22. The molecule has 1 heteroatoms. The smallest absolute Gasteiger partial charge is 0.0831 e. The Kier molecular flexibility index (Phi) is 3.02. The fourth-order valence-corrected chi connectivity index (χ4v) is 1.72. The normalized spacial score (nSPS) is 17.5. The third kappa shape index (κ3) is 2.37. The van der Waals surface area contributed by atoms with Gasteiger partial charge in [0.05, 0.1) is 6.04 Å². The maximum atomic E-state index is 2.24. The van der Waals surface area contributed by atoms with Crippen LogP contribution in [0.25, 0.3) is 0 Å². The van der Waals surface area contributed by atoms with E-state index in [0.29, 0.717) is 5.92 Å². The van der Waals surface area contributed by atoms with E-state index in [1.54, 1.807) is 0 Å². The molecule has 1 nitrogen and oxygen atoms in total. The van der Waals surface area contributed by atoms with Crippen molar-refractivity contribution in [3.63, 3.8) is 0 Å². The van der Waals surface area contributed by atoms with Crippen LogP contribution < -0.4 is 0 Å². The molecular weight excluding hydrogens is 182 g/mol. The Morgan fingerprint density at radius 3 is 2.07 bits per heavy atom. The molecule has 1 aliphatic carbocycles. The summed E-state index contributed by atoms with van der Waals surface area (Å²) in [5.74, 6) is 0.426. The topological polar surface area (TPSA) is 3.24 Å². The lowest BCUT2D eigenvalue weighted by Crippen LogP contribution is -2.17. The van der Waals surface area contributed by atoms with Gasteiger partial charge in [-0.1, -0.05) is 54.6 Å². The monoisotopic (exact) mass is 198 g/mol. The van der Waals surface area contributed by atoms with Crippen LogP contribution in [0, 0.1) is 6.04 Å². The standard InChI is InChI=1S/C14H16N/c1-15(2)14-10-8-13(9-11-14)12-6-4-3-5-7-12/h3-11,13H,1-2H3. The second-order valence-electron chi connectivity index (χ2n) is 3.97. The van der Waals surface area contributed by atoms with Crippen molar-refractivity contribution in [2.24, 2.45) is 0 Å². The number of nitrogens with zero attached hydrogens (tertiary/aromatic N) is 1. The Morgan fingerprint density at radius 2 is 1.53 bits per heavy atom. The average molecular weight is 198 g/mol. The lowest BCUT2D eigenvalue weighted by Gasteiger charge is -2.21. The zero-order valence-corrected chi connectivity index (χ0v) is 9.22. The van der Waals surface area contributed by atoms with Crippen molar-refractivity contribution in [3.05, 3.63) is 66.2 Å². The highest BCUT2D eigenvalue weighted by Gasteiger charge is 2.12. The summed E-state index contributed by atoms with van der Waals surface area (Å²) in [5, 5.41) is 0. The van der Waals surface area contributed by atoms with Crippen molar-refractivity contribution in [1.29, 1.82) is 0 Å². The van der Waals surface area contributed by atoms with E-state index >= 15 is 0 Å². The van der Waals surface area contributed by atoms with Crippen molar-refractivity contribution in [1.82, 2.24) is 4.90 Å². The van der Waals surface area contributed by atoms with Crippen LogP contribution in [0.2, 0.25) is 0 Å². The van der Waals surface area contributed by atoms with E-state index in [0.717, 1.165) is 0 Å². The summed E-state index contributed by atoms with van der Waals surface area (Å²) >= 11 is 0. The molecule has 0 saturated heterocycles. The molecule has 0 atom stereocenters. The summed E-state index contributed by atoms with van der Waals surface area (Å²) in [4.78, 5) is 2.12. The first-order chi connectivity index (χ1) is 7.27. The van der Waals surface area contributed by atoms with Crippen LogP contribution in [0.1, 0.15) is 11.5 Å². The minimum atomic E-state index is 0.426. The molecule has 1 aromatic carbocycles. The van der Waals surface area contributed by atoms with Crippen LogP contribution in [0.15, 0.2) is 54.6 Å². The molecule has 0 saturated carbocycles. The summed E-state index contributed by atoms with van der Waals surface area (Å²) in [5.41, 5.74) is 1.35. The molecule has 0 heterocycles. The second-order valence-corrected chi connectivity index (χ2v) is 3.97. The number of rotatable bonds is 2. The van der Waals surface area contributed by atoms with Gasteiger partial charge in [-0.05, 0) is 19.7 Å². The molecule has 1 aromatic rings. The highest BCUT2D eigenvalue weighted by molar-refractivity contribution is 5.37. The van der Waals surface area contributed by atoms with Crippen molar-refractivity contribution in [2.75, 3.05) is 14.1 Å². The van der Waals surface area contributed by atoms with Gasteiger partial charge in [-0.2, -0.15) is 0 Å². The van der Waals surface area contributed by atoms with Gasteiger partial charge in [0.15, 0.2) is 0 Å². The molecule has 77 valence electrons. The first-order valence-electron chi connectivity index (χ1n) is 5.23. The van der Waals surface area contributed by atoms with Gasteiger partial charge < -0.3 is 0 Å². The number of benzene rings is 1. The molecule has 0 aromatic heterocycles. The largest absolute Gasteiger partial charge is 0.295 e. The molecule has 2 rings (SSSR count). The Balaban J connectivity index is 2.11. The SMILES string of the molecule is CN(C)[C]1C=CC(c2ccccc2)C=C1. The fraction of sp³-hybridized carbons (Fsp3) is 0.214. The van der Waals surface area contributed by atoms with Gasteiger partial charge in [-0.15, -0.1) is 0 Å². The Morgan fingerprint density at radius 1 is 0.933 bits per heavy atom. The highest BCUT2D eigenvalue weighted by Crippen LogP contribution is 2.25. The third-order valence-corrected chi connectivity index (χ3v) is 2.65. The van der Waals surface area contributed by atoms with E-state index in [-0.39, 0.29) is 0 Å². The van der Waals surface area contributed by atoms with Gasteiger partial charge in [0.25, 0.3) is 0 Å². The lowest BCUT2D eigenvalue weighted by molar-refractivity contribution is 0.474. The van der Waals surface area contributed by atoms with E-state index in [9.17, 15) is 0 Å². The molecular formula is C14H16N. The van der Waals surface area contributed by atoms with Crippen molar-refractivity contribution in [2.45, 2.75) is 5.92 Å². The summed E-state index contributed by atoms with van der Waals surface area (Å²) in [7, 11) is 4.12. The predicted octanol–water partition coefficient (Wildman–Crippen LogP) is 2.99. The van der Waals surface area contributed by atoms with E-state index in [1.165, 1.54) is 11.6 Å². The van der Waals surface area contributed by atoms with Gasteiger partial charge >= 0.3 is 0 Å². The molecule has 0 amide bonds. The van der Waals surface area contributed by atoms with Crippen LogP contribution in [-0.4, -0.2) is 19.0 Å². The van der Waals surface area contributed by atoms with Crippen LogP contribution in [0.3, 0.4) is 0 Å². The molecule has 0 spiro atoms. The number of hydrogen-bond donors (Lipinski definition) is 0. The lowest BCUT2D eigenvalue weighted by atomic mass is 9.93. The van der Waals surface area contributed by atoms with E-state index in [4.69, 9.17) is 0 Å². The minimum absolute atomic E-state index is 0.426. The molecule has 0 aliphatic heterocycles. The van der Waals surface area contributed by atoms with E-state index in [1.807, 2.05) is 0 Å². The summed E-state index contributed by atoms with van der Waals surface area (Å²) in [6.07, 6.45) is 8.84. The predicted molar refractivity (Wildman–Crippen MR) is 64.4 cm³/mol. The molecule has 0 N–H and O–H groups in total. The summed E-state index contributed by atoms with van der Waals surface area (Å²) < 4.78 is 0. The first-order valence-corrected chi connectivity index (χ1v) is 5.23. The molecule has 0 fully saturated rings. The Labute approximate surface area is 91.7 Å². The summed E-state index contributed by atoms with van der Waals surface area (Å²) in [6, 6.07) is 11.8. The van der Waals surface area contributed by atoms with Gasteiger partial charge in [0, 0.05) is 5.92 Å². The second kappa shape index (κ2) is 4.45. The van der Waals surface area contributed by atoms with Gasteiger partial charge in [-0.3, -0.25) is 4.90 Å². The van der Waals surface area contributed by atoms with Crippen molar-refractivity contribution < 1.29 is 0 Å². The molecule has 0 bridgehead atoms. The molecule has 1 aliphatic rings. The fourth-order valence-electron chi connectivity index (χ4n) is 1.72. The Hall–Kier alpha value is -1.34. The maximum Gasteiger partial charge on any atom is 0.0831 e. The number of likely N-dealkylation sites (N-methyl/N-ethyl adjacent to an activating group) is 1. The number of hydrogen-bond acceptors (Lipinski definition) is 1. The van der Waals surface area contributed by atoms with Crippen LogP contribution in [-0.2, 0) is 0 Å². The van der Waals surface area contributed by atoms with Gasteiger partial charge in [0.1, 0.15) is 0 Å². The van der Waals surface area contributed by atoms with E-state index < -0.39 is 0 Å². The van der Waals surface area contributed by atoms with Crippen LogP contribution in [0.5, 0.6) is 0 Å². The molecule has 1 radical (unpaired) electrons. The van der Waals surface area contributed by atoms with Crippen molar-refractivity contribution >= 4 is 0 Å². The van der Waals surface area contributed by atoms with Crippen LogP contribution in [0.4, 0.5) is 0 Å². The molecule has 15 heavy (non-hydrogen) atoms. The quantitative estimate of drug-likeness (QED) is 0.706. The van der Waals surface area contributed by atoms with Gasteiger partial charge in [0.2, 0.25) is 0 Å². The Bertz CT molecular complexity index is 348. The highest BCUT2D eigenvalue weighted by atomic mass is 15.1. The summed E-state index contributed by atoms with van der Waals surface area (Å²) in [6.45, 7) is 0. The maximum absolute atomic E-state index is 2.24.